The van der Waals surface area contributed by atoms with E-state index in [1.165, 1.54) is 0 Å². The van der Waals surface area contributed by atoms with Crippen LogP contribution in [0.4, 0.5) is 0 Å². The summed E-state index contributed by atoms with van der Waals surface area (Å²) in [6.07, 6.45) is 4.69. The highest BCUT2D eigenvalue weighted by Crippen LogP contribution is 1.73. The van der Waals surface area contributed by atoms with Gasteiger partial charge in [0, 0.05) is 6.20 Å². The summed E-state index contributed by atoms with van der Waals surface area (Å²) >= 11 is 0. The highest BCUT2D eigenvalue weighted by atomic mass is 16.6. The molecule has 0 aliphatic rings. The van der Waals surface area contributed by atoms with Gasteiger partial charge in [-0.25, -0.2) is 0 Å². The number of nitrogens with one attached hydrogen (secondary N) is 1. The maximum Gasteiger partial charge on any atom is 0.0743 e. The molecule has 2 nitrogen and oxygen atoms in total. The van der Waals surface area contributed by atoms with Gasteiger partial charge in [-0.15, -0.1) is 0 Å². The third-order valence-electron chi connectivity index (χ3n) is 0.624. The number of hydrogen-bond acceptors (Lipinski definition) is 2. The van der Waals surface area contributed by atoms with E-state index in [0.717, 1.165) is 13.0 Å². The summed E-state index contributed by atoms with van der Waals surface area (Å²) in [6.45, 7) is 4.77. The molecule has 0 aromatic carbocycles. The maximum atomic E-state index is 4.89. The minimum Gasteiger partial charge on any atom is -0.277 e. The van der Waals surface area contributed by atoms with Gasteiger partial charge in [0.1, 0.15) is 0 Å². The Bertz CT molecular complexity index is 61.5. The normalized spacial score (nSPS) is 10.2. The summed E-state index contributed by atoms with van der Waals surface area (Å²) in [5.74, 6) is 0. The Balaban J connectivity index is 2.72. The summed E-state index contributed by atoms with van der Waals surface area (Å²) in [5.41, 5.74) is 2.66. The van der Waals surface area contributed by atoms with Crippen LogP contribution in [0, 0.1) is 0 Å². The van der Waals surface area contributed by atoms with Crippen LogP contribution in [0.5, 0.6) is 0 Å². The lowest BCUT2D eigenvalue weighted by atomic mass is 10.5. The first-order valence-corrected chi connectivity index (χ1v) is 2.90. The van der Waals surface area contributed by atoms with Crippen molar-refractivity contribution in [1.29, 1.82) is 0 Å². The van der Waals surface area contributed by atoms with E-state index in [0.29, 0.717) is 0 Å². The second-order valence-electron chi connectivity index (χ2n) is 1.47. The van der Waals surface area contributed by atoms with Gasteiger partial charge in [-0.3, -0.25) is 10.3 Å². The zero-order valence-electron chi connectivity index (χ0n) is 5.48. The van der Waals surface area contributed by atoms with Crippen molar-refractivity contribution in [2.45, 2.75) is 20.3 Å². The molecular formula is C6H13NO. The summed E-state index contributed by atoms with van der Waals surface area (Å²) in [7, 11) is 0. The monoisotopic (exact) mass is 115 g/mol. The van der Waals surface area contributed by atoms with Crippen LogP contribution in [0.3, 0.4) is 0 Å². The second kappa shape index (κ2) is 6.50. The van der Waals surface area contributed by atoms with Crippen LogP contribution in [0.2, 0.25) is 0 Å². The molecule has 0 bridgehead atoms. The molecule has 0 aliphatic heterocycles. The molecule has 1 N–H and O–H groups in total. The Kier molecular flexibility index (Phi) is 6.09. The maximum absolute atomic E-state index is 4.89. The Morgan fingerprint density at radius 3 is 2.88 bits per heavy atom. The average Bonchev–Trinajstić information content (AvgIpc) is 1.81. The number of hydroxylamine groups is 1. The molecule has 0 heterocycles. The summed E-state index contributed by atoms with van der Waals surface area (Å²) in [5, 5.41) is 0. The zero-order valence-corrected chi connectivity index (χ0v) is 5.48. The molecule has 0 unspecified atom stereocenters. The smallest absolute Gasteiger partial charge is 0.0743 e. The molecule has 2 heteroatoms. The molecular weight excluding hydrogens is 102 g/mol. The molecule has 0 aliphatic carbocycles. The fourth-order valence-electron chi connectivity index (χ4n) is 0.277. The molecule has 0 saturated heterocycles. The molecule has 0 fully saturated rings. The van der Waals surface area contributed by atoms with Crippen molar-refractivity contribution in [1.82, 2.24) is 5.48 Å². The zero-order chi connectivity index (χ0) is 6.24. The van der Waals surface area contributed by atoms with Crippen molar-refractivity contribution in [3.63, 3.8) is 0 Å². The predicted molar refractivity (Wildman–Crippen MR) is 34.2 cm³/mol. The third-order valence-corrected chi connectivity index (χ3v) is 0.624. The first-order valence-electron chi connectivity index (χ1n) is 2.90. The lowest BCUT2D eigenvalue weighted by Gasteiger charge is -1.96. The number of hydrogen-bond donors (Lipinski definition) is 1. The summed E-state index contributed by atoms with van der Waals surface area (Å²) in [4.78, 5) is 4.89. The Morgan fingerprint density at radius 1 is 1.62 bits per heavy atom. The van der Waals surface area contributed by atoms with E-state index >= 15 is 0 Å². The first-order chi connectivity index (χ1) is 3.91. The van der Waals surface area contributed by atoms with Crippen molar-refractivity contribution in [3.05, 3.63) is 12.3 Å². The molecule has 8 heavy (non-hydrogen) atoms. The van der Waals surface area contributed by atoms with Crippen LogP contribution in [-0.2, 0) is 4.84 Å². The summed E-state index contributed by atoms with van der Waals surface area (Å²) < 4.78 is 0. The Hall–Kier alpha value is -0.500. The van der Waals surface area contributed by atoms with Crippen LogP contribution in [0.15, 0.2) is 12.3 Å². The van der Waals surface area contributed by atoms with E-state index < -0.39 is 0 Å². The minimum absolute atomic E-state index is 0.768. The molecule has 0 radical (unpaired) electrons. The van der Waals surface area contributed by atoms with E-state index in [9.17, 15) is 0 Å². The molecule has 0 saturated carbocycles. The SMILES string of the molecule is CC=CNOCCC. The molecule has 0 spiro atoms. The molecule has 0 rings (SSSR count). The quantitative estimate of drug-likeness (QED) is 0.442. The van der Waals surface area contributed by atoms with Crippen molar-refractivity contribution in [2.75, 3.05) is 6.61 Å². The number of rotatable bonds is 4. The van der Waals surface area contributed by atoms with Gasteiger partial charge in [0.05, 0.1) is 6.61 Å². The van der Waals surface area contributed by atoms with Gasteiger partial charge in [-0.2, -0.15) is 0 Å². The highest BCUT2D eigenvalue weighted by Gasteiger charge is 1.74. The van der Waals surface area contributed by atoms with Gasteiger partial charge in [-0.05, 0) is 13.3 Å². The van der Waals surface area contributed by atoms with Gasteiger partial charge >= 0.3 is 0 Å². The second-order valence-corrected chi connectivity index (χ2v) is 1.47. The number of allylic oxidation sites excluding steroid dienone is 1. The molecule has 0 atom stereocenters. The van der Waals surface area contributed by atoms with Gasteiger partial charge < -0.3 is 0 Å². The van der Waals surface area contributed by atoms with Crippen molar-refractivity contribution in [2.24, 2.45) is 0 Å². The van der Waals surface area contributed by atoms with Crippen molar-refractivity contribution in [3.8, 4) is 0 Å². The van der Waals surface area contributed by atoms with E-state index in [1.54, 1.807) is 6.20 Å². The average molecular weight is 115 g/mol. The molecule has 0 aromatic rings. The lowest BCUT2D eigenvalue weighted by molar-refractivity contribution is 0.0717. The molecule has 0 aromatic heterocycles. The minimum atomic E-state index is 0.768. The first kappa shape index (κ1) is 7.50. The van der Waals surface area contributed by atoms with E-state index in [2.05, 4.69) is 12.4 Å². The fourth-order valence-corrected chi connectivity index (χ4v) is 0.277. The topological polar surface area (TPSA) is 21.3 Å². The van der Waals surface area contributed by atoms with Gasteiger partial charge in [0.25, 0.3) is 0 Å². The van der Waals surface area contributed by atoms with Crippen LogP contribution in [-0.4, -0.2) is 6.61 Å². The van der Waals surface area contributed by atoms with E-state index in [-0.39, 0.29) is 0 Å². The van der Waals surface area contributed by atoms with Gasteiger partial charge in [-0.1, -0.05) is 13.0 Å². The van der Waals surface area contributed by atoms with Crippen LogP contribution >= 0.6 is 0 Å². The predicted octanol–water partition coefficient (Wildman–Crippen LogP) is 1.45. The van der Waals surface area contributed by atoms with Crippen molar-refractivity contribution >= 4 is 0 Å². The Labute approximate surface area is 50.5 Å². The van der Waals surface area contributed by atoms with Crippen LogP contribution in [0.1, 0.15) is 20.3 Å². The third kappa shape index (κ3) is 5.50. The van der Waals surface area contributed by atoms with Gasteiger partial charge in [0.15, 0.2) is 0 Å². The largest absolute Gasteiger partial charge is 0.277 e. The molecule has 48 valence electrons. The molecule has 0 amide bonds. The van der Waals surface area contributed by atoms with Gasteiger partial charge in [0.2, 0.25) is 0 Å². The standard InChI is InChI=1S/C6H13NO/c1-3-5-7-8-6-4-2/h3,5,7H,4,6H2,1-2H3. The highest BCUT2D eigenvalue weighted by molar-refractivity contribution is 4.68. The summed E-state index contributed by atoms with van der Waals surface area (Å²) in [6, 6.07) is 0. The van der Waals surface area contributed by atoms with Crippen LogP contribution in [0.25, 0.3) is 0 Å². The van der Waals surface area contributed by atoms with E-state index in [4.69, 9.17) is 4.84 Å². The lowest BCUT2D eigenvalue weighted by Crippen LogP contribution is -2.06. The van der Waals surface area contributed by atoms with Crippen LogP contribution < -0.4 is 5.48 Å². The fraction of sp³-hybridized carbons (Fsp3) is 0.667. The van der Waals surface area contributed by atoms with E-state index in [1.807, 2.05) is 13.0 Å². The Morgan fingerprint density at radius 2 is 2.38 bits per heavy atom. The van der Waals surface area contributed by atoms with Crippen molar-refractivity contribution < 1.29 is 4.84 Å².